The molecule has 0 amide bonds. The Morgan fingerprint density at radius 1 is 1.16 bits per heavy atom. The van der Waals surface area contributed by atoms with E-state index in [-0.39, 0.29) is 0 Å². The molecule has 102 valence electrons. The van der Waals surface area contributed by atoms with Gasteiger partial charge in [0.25, 0.3) is 0 Å². The van der Waals surface area contributed by atoms with E-state index in [4.69, 9.17) is 0 Å². The molecule has 1 N–H and O–H groups in total. The second-order valence-corrected chi connectivity index (χ2v) is 6.06. The van der Waals surface area contributed by atoms with Crippen LogP contribution < -0.4 is 5.32 Å². The van der Waals surface area contributed by atoms with Crippen molar-refractivity contribution in [2.45, 2.75) is 40.7 Å². The molecular weight excluding hydrogens is 302 g/mol. The molecule has 0 aliphatic rings. The third kappa shape index (κ3) is 3.00. The average molecular weight is 322 g/mol. The minimum Gasteiger partial charge on any atom is -0.353 e. The zero-order valence-corrected chi connectivity index (χ0v) is 13.7. The van der Waals surface area contributed by atoms with Gasteiger partial charge in [0.05, 0.1) is 5.69 Å². The number of hydrogen-bond acceptors (Lipinski definition) is 2. The lowest BCUT2D eigenvalue weighted by atomic mass is 10.1. The molecule has 0 unspecified atom stereocenters. The lowest BCUT2D eigenvalue weighted by Crippen LogP contribution is -2.14. The zero-order chi connectivity index (χ0) is 14.2. The first-order valence-electron chi connectivity index (χ1n) is 6.48. The van der Waals surface area contributed by atoms with Crippen molar-refractivity contribution in [1.82, 2.24) is 9.55 Å². The molecule has 19 heavy (non-hydrogen) atoms. The van der Waals surface area contributed by atoms with Crippen LogP contribution in [0.5, 0.6) is 0 Å². The van der Waals surface area contributed by atoms with E-state index in [0.29, 0.717) is 6.04 Å². The van der Waals surface area contributed by atoms with Crippen molar-refractivity contribution in [2.75, 3.05) is 5.32 Å². The number of imidazole rings is 1. The molecule has 2 rings (SSSR count). The Morgan fingerprint density at radius 2 is 1.74 bits per heavy atom. The summed E-state index contributed by atoms with van der Waals surface area (Å²) in [5.41, 5.74) is 4.62. The topological polar surface area (TPSA) is 29.9 Å². The van der Waals surface area contributed by atoms with E-state index in [1.807, 2.05) is 6.92 Å². The smallest absolute Gasteiger partial charge is 0.207 e. The first kappa shape index (κ1) is 14.1. The van der Waals surface area contributed by atoms with Gasteiger partial charge in [0, 0.05) is 22.4 Å². The van der Waals surface area contributed by atoms with Crippen molar-refractivity contribution in [3.8, 4) is 5.69 Å². The van der Waals surface area contributed by atoms with Gasteiger partial charge in [-0.2, -0.15) is 0 Å². The highest BCUT2D eigenvalue weighted by Crippen LogP contribution is 2.26. The van der Waals surface area contributed by atoms with Crippen LogP contribution >= 0.6 is 15.9 Å². The normalized spacial score (nSPS) is 11.1. The van der Waals surface area contributed by atoms with Gasteiger partial charge < -0.3 is 5.32 Å². The second kappa shape index (κ2) is 5.37. The Balaban J connectivity index is 2.52. The Kier molecular flexibility index (Phi) is 3.99. The summed E-state index contributed by atoms with van der Waals surface area (Å²) in [6.45, 7) is 10.5. The molecule has 0 fully saturated rings. The van der Waals surface area contributed by atoms with Crippen LogP contribution in [0.4, 0.5) is 5.95 Å². The molecular formula is C15H20BrN3. The fourth-order valence-corrected chi connectivity index (χ4v) is 2.35. The van der Waals surface area contributed by atoms with E-state index in [1.54, 1.807) is 0 Å². The number of nitrogens with zero attached hydrogens (tertiary/aromatic N) is 2. The van der Waals surface area contributed by atoms with Gasteiger partial charge >= 0.3 is 0 Å². The maximum absolute atomic E-state index is 4.55. The summed E-state index contributed by atoms with van der Waals surface area (Å²) in [5.74, 6) is 0.897. The van der Waals surface area contributed by atoms with E-state index in [2.05, 4.69) is 76.8 Å². The first-order chi connectivity index (χ1) is 8.88. The molecule has 4 heteroatoms. The third-order valence-electron chi connectivity index (χ3n) is 2.94. The largest absolute Gasteiger partial charge is 0.353 e. The fourth-order valence-electron chi connectivity index (χ4n) is 2.12. The number of benzene rings is 1. The Morgan fingerprint density at radius 3 is 2.26 bits per heavy atom. The standard InChI is InChI=1S/C15H20BrN3/c1-9(2)17-15-18-12(5)8-19(15)13-6-10(3)14(16)11(4)7-13/h6-9H,1-5H3,(H,17,18). The highest BCUT2D eigenvalue weighted by Gasteiger charge is 2.10. The lowest BCUT2D eigenvalue weighted by molar-refractivity contribution is 0.863. The van der Waals surface area contributed by atoms with E-state index >= 15 is 0 Å². The van der Waals surface area contributed by atoms with Crippen LogP contribution in [-0.2, 0) is 0 Å². The second-order valence-electron chi connectivity index (χ2n) is 5.27. The highest BCUT2D eigenvalue weighted by atomic mass is 79.9. The molecule has 0 aliphatic carbocycles. The van der Waals surface area contributed by atoms with E-state index in [1.165, 1.54) is 15.6 Å². The number of nitrogens with one attached hydrogen (secondary N) is 1. The predicted octanol–water partition coefficient (Wildman–Crippen LogP) is 4.38. The Labute approximate surface area is 123 Å². The van der Waals surface area contributed by atoms with Crippen LogP contribution in [0.3, 0.4) is 0 Å². The van der Waals surface area contributed by atoms with Gasteiger partial charge in [0.1, 0.15) is 0 Å². The summed E-state index contributed by atoms with van der Waals surface area (Å²) in [6, 6.07) is 4.70. The molecule has 3 nitrogen and oxygen atoms in total. The third-order valence-corrected chi connectivity index (χ3v) is 4.19. The Bertz CT molecular complexity index is 576. The molecule has 0 spiro atoms. The lowest BCUT2D eigenvalue weighted by Gasteiger charge is -2.14. The van der Waals surface area contributed by atoms with Crippen molar-refractivity contribution in [1.29, 1.82) is 0 Å². The minimum absolute atomic E-state index is 0.359. The molecule has 1 aromatic carbocycles. The maximum atomic E-state index is 4.55. The molecule has 0 saturated heterocycles. The summed E-state index contributed by atoms with van der Waals surface area (Å²) in [5, 5.41) is 3.39. The van der Waals surface area contributed by atoms with Gasteiger partial charge in [-0.05, 0) is 57.9 Å². The fraction of sp³-hybridized carbons (Fsp3) is 0.400. The number of halogens is 1. The van der Waals surface area contributed by atoms with Crippen molar-refractivity contribution >= 4 is 21.9 Å². The van der Waals surface area contributed by atoms with Crippen molar-refractivity contribution in [2.24, 2.45) is 0 Å². The predicted molar refractivity (Wildman–Crippen MR) is 84.2 cm³/mol. The quantitative estimate of drug-likeness (QED) is 0.909. The molecule has 0 aliphatic heterocycles. The van der Waals surface area contributed by atoms with Crippen molar-refractivity contribution in [3.63, 3.8) is 0 Å². The zero-order valence-electron chi connectivity index (χ0n) is 12.1. The van der Waals surface area contributed by atoms with Crippen molar-refractivity contribution < 1.29 is 0 Å². The summed E-state index contributed by atoms with van der Waals surface area (Å²) in [7, 11) is 0. The van der Waals surface area contributed by atoms with Gasteiger partial charge in [-0.15, -0.1) is 0 Å². The van der Waals surface area contributed by atoms with Crippen LogP contribution in [0.1, 0.15) is 30.7 Å². The summed E-state index contributed by atoms with van der Waals surface area (Å²) >= 11 is 3.61. The van der Waals surface area contributed by atoms with E-state index in [9.17, 15) is 0 Å². The van der Waals surface area contributed by atoms with Crippen LogP contribution in [0.25, 0.3) is 5.69 Å². The van der Waals surface area contributed by atoms with E-state index < -0.39 is 0 Å². The molecule has 0 radical (unpaired) electrons. The number of aromatic nitrogens is 2. The summed E-state index contributed by atoms with van der Waals surface area (Å²) < 4.78 is 3.29. The van der Waals surface area contributed by atoms with Gasteiger partial charge in [-0.3, -0.25) is 4.57 Å². The first-order valence-corrected chi connectivity index (χ1v) is 7.27. The molecule has 0 bridgehead atoms. The summed E-state index contributed by atoms with van der Waals surface area (Å²) in [6.07, 6.45) is 2.06. The van der Waals surface area contributed by atoms with Crippen LogP contribution in [0.2, 0.25) is 0 Å². The number of aryl methyl sites for hydroxylation is 3. The van der Waals surface area contributed by atoms with Crippen LogP contribution in [0, 0.1) is 20.8 Å². The van der Waals surface area contributed by atoms with Gasteiger partial charge in [0.2, 0.25) is 5.95 Å². The van der Waals surface area contributed by atoms with Crippen LogP contribution in [-0.4, -0.2) is 15.6 Å². The maximum Gasteiger partial charge on any atom is 0.207 e. The van der Waals surface area contributed by atoms with Crippen LogP contribution in [0.15, 0.2) is 22.8 Å². The Hall–Kier alpha value is -1.29. The number of rotatable bonds is 3. The number of anilines is 1. The molecule has 2 aromatic rings. The molecule has 1 aromatic heterocycles. The molecule has 1 heterocycles. The van der Waals surface area contributed by atoms with Gasteiger partial charge in [0.15, 0.2) is 0 Å². The average Bonchev–Trinajstić information content (AvgIpc) is 2.65. The van der Waals surface area contributed by atoms with Gasteiger partial charge in [-0.25, -0.2) is 4.98 Å². The SMILES string of the molecule is Cc1cn(-c2cc(C)c(Br)c(C)c2)c(NC(C)C)n1. The van der Waals surface area contributed by atoms with E-state index in [0.717, 1.165) is 17.3 Å². The summed E-state index contributed by atoms with van der Waals surface area (Å²) in [4.78, 5) is 4.55. The highest BCUT2D eigenvalue weighted by molar-refractivity contribution is 9.10. The number of hydrogen-bond donors (Lipinski definition) is 1. The monoisotopic (exact) mass is 321 g/mol. The minimum atomic E-state index is 0.359. The van der Waals surface area contributed by atoms with Crippen molar-refractivity contribution in [3.05, 3.63) is 39.6 Å². The van der Waals surface area contributed by atoms with Gasteiger partial charge in [-0.1, -0.05) is 15.9 Å². The molecule has 0 atom stereocenters. The molecule has 0 saturated carbocycles.